The number of rotatable bonds is 3. The minimum atomic E-state index is -0.409. The van der Waals surface area contributed by atoms with Crippen LogP contribution < -0.4 is 0 Å². The molecule has 1 aromatic heterocycles. The second kappa shape index (κ2) is 5.04. The minimum Gasteiger partial charge on any atom is -0.462 e. The van der Waals surface area contributed by atoms with Crippen LogP contribution in [0.5, 0.6) is 0 Å². The Balaban J connectivity index is 2.64. The van der Waals surface area contributed by atoms with E-state index in [4.69, 9.17) is 16.3 Å². The molecule has 17 heavy (non-hydrogen) atoms. The Kier molecular flexibility index (Phi) is 3.66. The van der Waals surface area contributed by atoms with Crippen molar-refractivity contribution in [3.05, 3.63) is 33.7 Å². The molecule has 0 aliphatic heterocycles. The molecule has 2 aromatic rings. The molecule has 0 aliphatic rings. The third-order valence-electron chi connectivity index (χ3n) is 2.38. The first-order chi connectivity index (χ1) is 8.19. The number of thiophene rings is 1. The fourth-order valence-electron chi connectivity index (χ4n) is 1.68. The Morgan fingerprint density at radius 1 is 1.53 bits per heavy atom. The van der Waals surface area contributed by atoms with E-state index in [-0.39, 0.29) is 6.61 Å². The number of carbonyl (C=O) groups excluding carboxylic acids is 1. The number of hydrogen-bond donors (Lipinski definition) is 1. The van der Waals surface area contributed by atoms with Gasteiger partial charge >= 0.3 is 5.97 Å². The molecule has 1 N–H and O–H groups in total. The first-order valence-electron chi connectivity index (χ1n) is 5.17. The van der Waals surface area contributed by atoms with E-state index in [1.807, 2.05) is 12.1 Å². The summed E-state index contributed by atoms with van der Waals surface area (Å²) in [6.07, 6.45) is 0. The summed E-state index contributed by atoms with van der Waals surface area (Å²) in [5.41, 5.74) is 0.550. The summed E-state index contributed by atoms with van der Waals surface area (Å²) < 4.78 is 5.84. The van der Waals surface area contributed by atoms with Crippen LogP contribution in [0.4, 0.5) is 0 Å². The first-order valence-corrected chi connectivity index (χ1v) is 6.36. The van der Waals surface area contributed by atoms with Gasteiger partial charge < -0.3 is 9.84 Å². The van der Waals surface area contributed by atoms with Gasteiger partial charge in [0, 0.05) is 20.7 Å². The van der Waals surface area contributed by atoms with Gasteiger partial charge in [-0.25, -0.2) is 4.79 Å². The third kappa shape index (κ3) is 2.16. The van der Waals surface area contributed by atoms with Crippen LogP contribution in [0.2, 0.25) is 5.02 Å². The Hall–Kier alpha value is -1.10. The maximum absolute atomic E-state index is 11.7. The highest BCUT2D eigenvalue weighted by Gasteiger charge is 2.20. The summed E-state index contributed by atoms with van der Waals surface area (Å²) in [5, 5.41) is 10.7. The number of aliphatic hydroxyl groups excluding tert-OH is 1. The van der Waals surface area contributed by atoms with Crippen LogP contribution in [0.1, 0.15) is 22.2 Å². The molecule has 0 bridgehead atoms. The first kappa shape index (κ1) is 12.4. The highest BCUT2D eigenvalue weighted by atomic mass is 35.5. The average molecular weight is 271 g/mol. The van der Waals surface area contributed by atoms with Gasteiger partial charge in [-0.05, 0) is 19.1 Å². The van der Waals surface area contributed by atoms with E-state index < -0.39 is 5.97 Å². The number of aliphatic hydroxyl groups is 1. The quantitative estimate of drug-likeness (QED) is 0.871. The summed E-state index contributed by atoms with van der Waals surface area (Å²) >= 11 is 7.37. The lowest BCUT2D eigenvalue weighted by molar-refractivity contribution is 0.0529. The zero-order chi connectivity index (χ0) is 12.4. The third-order valence-corrected chi connectivity index (χ3v) is 3.87. The van der Waals surface area contributed by atoms with Crippen molar-refractivity contribution in [2.24, 2.45) is 0 Å². The maximum Gasteiger partial charge on any atom is 0.348 e. The molecule has 3 nitrogen and oxygen atoms in total. The second-order valence-electron chi connectivity index (χ2n) is 3.40. The fourth-order valence-corrected chi connectivity index (χ4v) is 3.16. The van der Waals surface area contributed by atoms with Gasteiger partial charge in [0.05, 0.1) is 13.2 Å². The number of halogens is 1. The molecule has 5 heteroatoms. The van der Waals surface area contributed by atoms with E-state index in [1.165, 1.54) is 11.3 Å². The lowest BCUT2D eigenvalue weighted by Gasteiger charge is -2.01. The molecule has 0 aliphatic carbocycles. The Morgan fingerprint density at radius 2 is 2.29 bits per heavy atom. The number of esters is 1. The smallest absolute Gasteiger partial charge is 0.348 e. The van der Waals surface area contributed by atoms with E-state index in [0.29, 0.717) is 22.1 Å². The lowest BCUT2D eigenvalue weighted by atomic mass is 10.1. The predicted octanol–water partition coefficient (Wildman–Crippen LogP) is 3.22. The highest BCUT2D eigenvalue weighted by Crippen LogP contribution is 2.36. The summed E-state index contributed by atoms with van der Waals surface area (Å²) in [7, 11) is 0. The SMILES string of the molecule is CCOC(=O)c1sc2cccc(Cl)c2c1CO. The van der Waals surface area contributed by atoms with E-state index in [2.05, 4.69) is 0 Å². The normalized spacial score (nSPS) is 10.8. The van der Waals surface area contributed by atoms with Gasteiger partial charge in [-0.3, -0.25) is 0 Å². The van der Waals surface area contributed by atoms with Gasteiger partial charge in [-0.15, -0.1) is 11.3 Å². The number of ether oxygens (including phenoxy) is 1. The largest absolute Gasteiger partial charge is 0.462 e. The Morgan fingerprint density at radius 3 is 2.94 bits per heavy atom. The van der Waals surface area contributed by atoms with Gasteiger partial charge in [0.15, 0.2) is 0 Å². The van der Waals surface area contributed by atoms with Crippen molar-refractivity contribution in [3.63, 3.8) is 0 Å². The van der Waals surface area contributed by atoms with Crippen LogP contribution >= 0.6 is 22.9 Å². The van der Waals surface area contributed by atoms with Crippen LogP contribution in [0.25, 0.3) is 10.1 Å². The van der Waals surface area contributed by atoms with Gasteiger partial charge in [0.2, 0.25) is 0 Å². The number of benzene rings is 1. The van der Waals surface area contributed by atoms with Crippen molar-refractivity contribution in [2.45, 2.75) is 13.5 Å². The number of carbonyl (C=O) groups is 1. The maximum atomic E-state index is 11.7. The lowest BCUT2D eigenvalue weighted by Crippen LogP contribution is -2.05. The molecule has 0 atom stereocenters. The molecule has 0 saturated heterocycles. The van der Waals surface area contributed by atoms with Crippen molar-refractivity contribution in [3.8, 4) is 0 Å². The Bertz CT molecular complexity index is 562. The molecule has 90 valence electrons. The van der Waals surface area contributed by atoms with Crippen molar-refractivity contribution in [1.29, 1.82) is 0 Å². The van der Waals surface area contributed by atoms with Crippen LogP contribution in [0.15, 0.2) is 18.2 Å². The topological polar surface area (TPSA) is 46.5 Å². The molecule has 0 fully saturated rings. The van der Waals surface area contributed by atoms with Gasteiger partial charge in [0.25, 0.3) is 0 Å². The molecule has 1 heterocycles. The monoisotopic (exact) mass is 270 g/mol. The predicted molar refractivity (Wildman–Crippen MR) is 68.7 cm³/mol. The zero-order valence-electron chi connectivity index (χ0n) is 9.20. The van der Waals surface area contributed by atoms with Gasteiger partial charge in [0.1, 0.15) is 4.88 Å². The molecule has 0 radical (unpaired) electrons. The summed E-state index contributed by atoms with van der Waals surface area (Å²) in [5.74, 6) is -0.409. The van der Waals surface area contributed by atoms with Crippen molar-refractivity contribution >= 4 is 39.0 Å². The van der Waals surface area contributed by atoms with Gasteiger partial charge in [-0.1, -0.05) is 17.7 Å². The van der Waals surface area contributed by atoms with Crippen LogP contribution in [0, 0.1) is 0 Å². The average Bonchev–Trinajstić information content (AvgIpc) is 2.69. The minimum absolute atomic E-state index is 0.224. The highest BCUT2D eigenvalue weighted by molar-refractivity contribution is 7.21. The standard InChI is InChI=1S/C12H11ClO3S/c1-2-16-12(15)11-7(6-14)10-8(13)4-3-5-9(10)17-11/h3-5,14H,2,6H2,1H3. The Labute approximate surface area is 108 Å². The van der Waals surface area contributed by atoms with Crippen LogP contribution in [-0.4, -0.2) is 17.7 Å². The van der Waals surface area contributed by atoms with Crippen molar-refractivity contribution in [2.75, 3.05) is 6.61 Å². The molecular weight excluding hydrogens is 260 g/mol. The van der Waals surface area contributed by atoms with E-state index in [1.54, 1.807) is 13.0 Å². The molecule has 2 rings (SSSR count). The van der Waals surface area contributed by atoms with Crippen LogP contribution in [-0.2, 0) is 11.3 Å². The van der Waals surface area contributed by atoms with E-state index >= 15 is 0 Å². The summed E-state index contributed by atoms with van der Waals surface area (Å²) in [4.78, 5) is 12.2. The molecule has 0 spiro atoms. The second-order valence-corrected chi connectivity index (χ2v) is 4.86. The van der Waals surface area contributed by atoms with E-state index in [9.17, 15) is 9.90 Å². The van der Waals surface area contributed by atoms with Crippen LogP contribution in [0.3, 0.4) is 0 Å². The zero-order valence-corrected chi connectivity index (χ0v) is 10.8. The van der Waals surface area contributed by atoms with Crippen molar-refractivity contribution in [1.82, 2.24) is 0 Å². The number of fused-ring (bicyclic) bond motifs is 1. The molecule has 0 amide bonds. The fraction of sp³-hybridized carbons (Fsp3) is 0.250. The van der Waals surface area contributed by atoms with Gasteiger partial charge in [-0.2, -0.15) is 0 Å². The molecular formula is C12H11ClO3S. The van der Waals surface area contributed by atoms with Crippen molar-refractivity contribution < 1.29 is 14.6 Å². The number of hydrogen-bond acceptors (Lipinski definition) is 4. The van der Waals surface area contributed by atoms with E-state index in [0.717, 1.165) is 10.1 Å². The summed E-state index contributed by atoms with van der Waals surface area (Å²) in [6.45, 7) is 1.83. The molecule has 0 unspecified atom stereocenters. The molecule has 1 aromatic carbocycles. The molecule has 0 saturated carbocycles. The summed E-state index contributed by atoms with van der Waals surface area (Å²) in [6, 6.07) is 5.43.